The minimum atomic E-state index is 0.223. The molecule has 0 N–H and O–H groups in total. The molecule has 1 fully saturated rings. The van der Waals surface area contributed by atoms with Crippen molar-refractivity contribution in [1.29, 1.82) is 0 Å². The fourth-order valence-electron chi connectivity index (χ4n) is 2.87. The minimum absolute atomic E-state index is 0.223. The van der Waals surface area contributed by atoms with Crippen molar-refractivity contribution in [1.82, 2.24) is 9.80 Å². The highest BCUT2D eigenvalue weighted by molar-refractivity contribution is 6.30. The Morgan fingerprint density at radius 3 is 2.50 bits per heavy atom. The van der Waals surface area contributed by atoms with Crippen LogP contribution in [0.2, 0.25) is 5.02 Å². The Balaban J connectivity index is 1.89. The van der Waals surface area contributed by atoms with Crippen LogP contribution in [0.4, 0.5) is 0 Å². The molecule has 0 saturated carbocycles. The largest absolute Gasteiger partial charge is 0.337 e. The molecule has 1 amide bonds. The third-order valence-electron chi connectivity index (χ3n) is 4.50. The molecule has 1 aliphatic heterocycles. The van der Waals surface area contributed by atoms with Crippen LogP contribution in [0.3, 0.4) is 0 Å². The molecular formula is C18H27ClN2O. The summed E-state index contributed by atoms with van der Waals surface area (Å²) in [6.07, 6.45) is 3.11. The van der Waals surface area contributed by atoms with Crippen LogP contribution in [0.5, 0.6) is 0 Å². The van der Waals surface area contributed by atoms with Crippen molar-refractivity contribution in [2.75, 3.05) is 26.2 Å². The summed E-state index contributed by atoms with van der Waals surface area (Å²) < 4.78 is 0. The summed E-state index contributed by atoms with van der Waals surface area (Å²) in [6.45, 7) is 9.04. The molecule has 0 atom stereocenters. The van der Waals surface area contributed by atoms with E-state index in [1.54, 1.807) is 0 Å². The Kier molecular flexibility index (Phi) is 6.71. The second-order valence-corrected chi connectivity index (χ2v) is 6.76. The van der Waals surface area contributed by atoms with E-state index in [9.17, 15) is 4.79 Å². The Morgan fingerprint density at radius 2 is 1.91 bits per heavy atom. The van der Waals surface area contributed by atoms with E-state index in [-0.39, 0.29) is 5.91 Å². The molecule has 1 aromatic carbocycles. The monoisotopic (exact) mass is 322 g/mol. The summed E-state index contributed by atoms with van der Waals surface area (Å²) >= 11 is 5.93. The average molecular weight is 323 g/mol. The molecule has 1 aliphatic rings. The lowest BCUT2D eigenvalue weighted by Gasteiger charge is -2.32. The SMILES string of the molecule is CCC(=O)N(CCN1CCC(C)CC1)Cc1ccc(Cl)cc1. The van der Waals surface area contributed by atoms with Crippen LogP contribution >= 0.6 is 11.6 Å². The van der Waals surface area contributed by atoms with Gasteiger partial charge in [0, 0.05) is 31.1 Å². The van der Waals surface area contributed by atoms with Crippen molar-refractivity contribution in [2.24, 2.45) is 5.92 Å². The summed E-state index contributed by atoms with van der Waals surface area (Å²) in [6, 6.07) is 7.77. The van der Waals surface area contributed by atoms with Gasteiger partial charge in [0.2, 0.25) is 5.91 Å². The zero-order valence-electron chi connectivity index (χ0n) is 13.7. The van der Waals surface area contributed by atoms with Crippen LogP contribution in [0.25, 0.3) is 0 Å². The second-order valence-electron chi connectivity index (χ2n) is 6.32. The normalized spacial score (nSPS) is 16.7. The summed E-state index contributed by atoms with van der Waals surface area (Å²) in [5.74, 6) is 1.07. The molecule has 0 unspecified atom stereocenters. The van der Waals surface area contributed by atoms with Crippen LogP contribution < -0.4 is 0 Å². The molecule has 1 saturated heterocycles. The van der Waals surface area contributed by atoms with Crippen LogP contribution in [-0.2, 0) is 11.3 Å². The van der Waals surface area contributed by atoms with Crippen molar-refractivity contribution >= 4 is 17.5 Å². The second kappa shape index (κ2) is 8.54. The Labute approximate surface area is 139 Å². The molecule has 22 heavy (non-hydrogen) atoms. The summed E-state index contributed by atoms with van der Waals surface area (Å²) in [5.41, 5.74) is 1.14. The highest BCUT2D eigenvalue weighted by Crippen LogP contribution is 2.16. The topological polar surface area (TPSA) is 23.6 Å². The number of carbonyl (C=O) groups excluding carboxylic acids is 1. The van der Waals surface area contributed by atoms with Crippen molar-refractivity contribution in [3.63, 3.8) is 0 Å². The molecule has 0 aliphatic carbocycles. The van der Waals surface area contributed by atoms with Gasteiger partial charge in [0.05, 0.1) is 0 Å². The number of likely N-dealkylation sites (tertiary alicyclic amines) is 1. The first-order chi connectivity index (χ1) is 10.6. The van der Waals surface area contributed by atoms with Crippen molar-refractivity contribution in [2.45, 2.75) is 39.7 Å². The van der Waals surface area contributed by atoms with Crippen LogP contribution in [-0.4, -0.2) is 41.9 Å². The molecule has 0 radical (unpaired) electrons. The lowest BCUT2D eigenvalue weighted by Crippen LogP contribution is -2.41. The van der Waals surface area contributed by atoms with Crippen molar-refractivity contribution in [3.05, 3.63) is 34.9 Å². The van der Waals surface area contributed by atoms with E-state index in [2.05, 4.69) is 11.8 Å². The van der Waals surface area contributed by atoms with Crippen LogP contribution in [0.1, 0.15) is 38.7 Å². The van der Waals surface area contributed by atoms with Gasteiger partial charge in [-0.15, -0.1) is 0 Å². The van der Waals surface area contributed by atoms with Gasteiger partial charge < -0.3 is 9.80 Å². The quantitative estimate of drug-likeness (QED) is 0.795. The van der Waals surface area contributed by atoms with E-state index >= 15 is 0 Å². The Hall–Kier alpha value is -1.06. The number of hydrogen-bond donors (Lipinski definition) is 0. The third kappa shape index (κ3) is 5.29. The van der Waals surface area contributed by atoms with Gasteiger partial charge in [-0.2, -0.15) is 0 Å². The first-order valence-corrected chi connectivity index (χ1v) is 8.71. The Bertz CT molecular complexity index is 466. The van der Waals surface area contributed by atoms with Crippen LogP contribution in [0, 0.1) is 5.92 Å². The third-order valence-corrected chi connectivity index (χ3v) is 4.76. The minimum Gasteiger partial charge on any atom is -0.337 e. The lowest BCUT2D eigenvalue weighted by molar-refractivity contribution is -0.131. The fourth-order valence-corrected chi connectivity index (χ4v) is 3.00. The highest BCUT2D eigenvalue weighted by Gasteiger charge is 2.18. The highest BCUT2D eigenvalue weighted by atomic mass is 35.5. The molecule has 3 nitrogen and oxygen atoms in total. The molecule has 4 heteroatoms. The molecule has 122 valence electrons. The number of benzene rings is 1. The zero-order chi connectivity index (χ0) is 15.9. The zero-order valence-corrected chi connectivity index (χ0v) is 14.5. The van der Waals surface area contributed by atoms with E-state index in [4.69, 9.17) is 11.6 Å². The molecule has 1 aromatic rings. The van der Waals surface area contributed by atoms with Gasteiger partial charge >= 0.3 is 0 Å². The lowest BCUT2D eigenvalue weighted by atomic mass is 9.99. The number of halogens is 1. The van der Waals surface area contributed by atoms with E-state index in [0.717, 1.165) is 42.7 Å². The molecule has 0 spiro atoms. The predicted octanol–water partition coefficient (Wildman–Crippen LogP) is 3.81. The Morgan fingerprint density at radius 1 is 1.27 bits per heavy atom. The first kappa shape index (κ1) is 17.3. The van der Waals surface area contributed by atoms with Gasteiger partial charge in [0.25, 0.3) is 0 Å². The van der Waals surface area contributed by atoms with E-state index in [1.807, 2.05) is 36.1 Å². The number of hydrogen-bond acceptors (Lipinski definition) is 2. The smallest absolute Gasteiger partial charge is 0.222 e. The average Bonchev–Trinajstić information content (AvgIpc) is 2.54. The van der Waals surface area contributed by atoms with E-state index in [1.165, 1.54) is 12.8 Å². The van der Waals surface area contributed by atoms with Gasteiger partial charge in [-0.25, -0.2) is 0 Å². The first-order valence-electron chi connectivity index (χ1n) is 8.33. The van der Waals surface area contributed by atoms with Crippen molar-refractivity contribution < 1.29 is 4.79 Å². The number of rotatable bonds is 6. The molecular weight excluding hydrogens is 296 g/mol. The summed E-state index contributed by atoms with van der Waals surface area (Å²) in [4.78, 5) is 16.6. The van der Waals surface area contributed by atoms with Gasteiger partial charge in [-0.05, 0) is 49.5 Å². The fraction of sp³-hybridized carbons (Fsp3) is 0.611. The van der Waals surface area contributed by atoms with Gasteiger partial charge in [-0.3, -0.25) is 4.79 Å². The number of amides is 1. The molecule has 2 rings (SSSR count). The number of piperidine rings is 1. The summed E-state index contributed by atoms with van der Waals surface area (Å²) in [7, 11) is 0. The maximum Gasteiger partial charge on any atom is 0.222 e. The van der Waals surface area contributed by atoms with Gasteiger partial charge in [-0.1, -0.05) is 37.6 Å². The van der Waals surface area contributed by atoms with E-state index in [0.29, 0.717) is 13.0 Å². The van der Waals surface area contributed by atoms with Gasteiger partial charge in [0.15, 0.2) is 0 Å². The maximum atomic E-state index is 12.2. The molecule has 0 bridgehead atoms. The number of carbonyl (C=O) groups is 1. The van der Waals surface area contributed by atoms with Crippen LogP contribution in [0.15, 0.2) is 24.3 Å². The van der Waals surface area contributed by atoms with Gasteiger partial charge in [0.1, 0.15) is 0 Å². The standard InChI is InChI=1S/C18H27ClN2O/c1-3-18(22)21(14-16-4-6-17(19)7-5-16)13-12-20-10-8-15(2)9-11-20/h4-7,15H,3,8-14H2,1-2H3. The maximum absolute atomic E-state index is 12.2. The number of nitrogens with zero attached hydrogens (tertiary/aromatic N) is 2. The molecule has 1 heterocycles. The summed E-state index contributed by atoms with van der Waals surface area (Å²) in [5, 5.41) is 0.736. The van der Waals surface area contributed by atoms with E-state index < -0.39 is 0 Å². The molecule has 0 aromatic heterocycles. The van der Waals surface area contributed by atoms with Crippen molar-refractivity contribution in [3.8, 4) is 0 Å². The predicted molar refractivity (Wildman–Crippen MR) is 92.0 cm³/mol.